The van der Waals surface area contributed by atoms with Gasteiger partial charge in [0, 0.05) is 29.8 Å². The molecule has 9 heteroatoms. The fourth-order valence-corrected chi connectivity index (χ4v) is 2.61. The van der Waals surface area contributed by atoms with Gasteiger partial charge in [0.05, 0.1) is 0 Å². The number of nitrogens with two attached hydrogens (primary N) is 3. The molecule has 0 spiro atoms. The molecule has 1 atom stereocenters. The molecule has 1 fully saturated rings. The van der Waals surface area contributed by atoms with Crippen molar-refractivity contribution >= 4 is 29.4 Å². The highest BCUT2D eigenvalue weighted by molar-refractivity contribution is 6.06. The van der Waals surface area contributed by atoms with E-state index < -0.39 is 18.0 Å². The molecule has 0 saturated carbocycles. The van der Waals surface area contributed by atoms with Gasteiger partial charge in [-0.3, -0.25) is 19.7 Å². The topological polar surface area (TPSA) is 162 Å². The van der Waals surface area contributed by atoms with Crippen molar-refractivity contribution in [2.45, 2.75) is 25.4 Å². The summed E-state index contributed by atoms with van der Waals surface area (Å²) in [5, 5.41) is 2.27. The number of nitrogens with zero attached hydrogens (tertiary/aromatic N) is 1. The molecule has 7 N–H and O–H groups in total. The van der Waals surface area contributed by atoms with E-state index >= 15 is 0 Å². The number of carbonyl (C=O) groups is 4. The minimum absolute atomic E-state index is 0.197. The standard InChI is InChI=1S/C13H13N3O3.CH4N2O/c14-9-3-1-2-7-8(9)6-16(13(7)19)10-4-5-11(17)15-12(10)18;2-1(3)4/h1-3,10H,4-6,14H2,(H,15,17,18);(H4,2,3,4). The maximum atomic E-state index is 12.3. The molecular formula is C14H17N5O4. The Morgan fingerprint density at radius 3 is 2.43 bits per heavy atom. The quantitative estimate of drug-likeness (QED) is 0.387. The molecule has 1 unspecified atom stereocenters. The molecule has 0 bridgehead atoms. The van der Waals surface area contributed by atoms with E-state index in [0.717, 1.165) is 5.56 Å². The van der Waals surface area contributed by atoms with Gasteiger partial charge in [0.25, 0.3) is 5.91 Å². The number of nitrogens with one attached hydrogen (secondary N) is 1. The monoisotopic (exact) mass is 319 g/mol. The summed E-state index contributed by atoms with van der Waals surface area (Å²) in [6.07, 6.45) is 0.621. The van der Waals surface area contributed by atoms with Crippen LogP contribution in [-0.2, 0) is 16.1 Å². The highest BCUT2D eigenvalue weighted by Gasteiger charge is 2.39. The number of nitrogen functional groups attached to an aromatic ring is 1. The summed E-state index contributed by atoms with van der Waals surface area (Å²) in [6, 6.07) is 3.75. The normalized spacial score (nSPS) is 19.6. The van der Waals surface area contributed by atoms with E-state index in [1.54, 1.807) is 18.2 Å². The summed E-state index contributed by atoms with van der Waals surface area (Å²) >= 11 is 0. The number of primary amides is 2. The molecule has 2 aliphatic heterocycles. The Kier molecular flexibility index (Phi) is 4.49. The van der Waals surface area contributed by atoms with E-state index in [9.17, 15) is 14.4 Å². The van der Waals surface area contributed by atoms with E-state index in [1.807, 2.05) is 0 Å². The molecule has 2 heterocycles. The third-order valence-corrected chi connectivity index (χ3v) is 3.62. The molecule has 1 aromatic carbocycles. The number of fused-ring (bicyclic) bond motifs is 1. The summed E-state index contributed by atoms with van der Waals surface area (Å²) in [4.78, 5) is 45.7. The molecule has 1 saturated heterocycles. The van der Waals surface area contributed by atoms with Gasteiger partial charge in [-0.1, -0.05) is 6.07 Å². The molecule has 122 valence electrons. The third-order valence-electron chi connectivity index (χ3n) is 3.62. The average Bonchev–Trinajstić information content (AvgIpc) is 2.77. The Hall–Kier alpha value is -3.10. The lowest BCUT2D eigenvalue weighted by Gasteiger charge is -2.29. The summed E-state index contributed by atoms with van der Waals surface area (Å²) in [7, 11) is 0. The molecule has 9 nitrogen and oxygen atoms in total. The smallest absolute Gasteiger partial charge is 0.309 e. The van der Waals surface area contributed by atoms with Crippen LogP contribution in [0.5, 0.6) is 0 Å². The number of hydrogen-bond acceptors (Lipinski definition) is 5. The number of urea groups is 1. The molecular weight excluding hydrogens is 302 g/mol. The lowest BCUT2D eigenvalue weighted by Crippen LogP contribution is -2.52. The number of anilines is 1. The van der Waals surface area contributed by atoms with E-state index in [1.165, 1.54) is 4.90 Å². The first-order valence-corrected chi connectivity index (χ1v) is 6.88. The number of piperidine rings is 1. The second-order valence-electron chi connectivity index (χ2n) is 5.18. The van der Waals surface area contributed by atoms with E-state index in [4.69, 9.17) is 10.5 Å². The molecule has 0 aromatic heterocycles. The van der Waals surface area contributed by atoms with Gasteiger partial charge < -0.3 is 22.1 Å². The van der Waals surface area contributed by atoms with Gasteiger partial charge in [0.1, 0.15) is 6.04 Å². The van der Waals surface area contributed by atoms with Crippen LogP contribution in [-0.4, -0.2) is 34.7 Å². The second kappa shape index (κ2) is 6.34. The third kappa shape index (κ3) is 3.39. The second-order valence-corrected chi connectivity index (χ2v) is 5.18. The van der Waals surface area contributed by atoms with E-state index in [0.29, 0.717) is 24.2 Å². The first kappa shape index (κ1) is 16.3. The molecule has 0 radical (unpaired) electrons. The van der Waals surface area contributed by atoms with Gasteiger partial charge in [0.15, 0.2) is 0 Å². The maximum Gasteiger partial charge on any atom is 0.309 e. The number of imide groups is 1. The van der Waals surface area contributed by atoms with Crippen molar-refractivity contribution in [1.29, 1.82) is 0 Å². The molecule has 1 aromatic rings. The minimum Gasteiger partial charge on any atom is -0.398 e. The Labute approximate surface area is 131 Å². The van der Waals surface area contributed by atoms with Crippen molar-refractivity contribution in [3.05, 3.63) is 29.3 Å². The fourth-order valence-electron chi connectivity index (χ4n) is 2.61. The molecule has 2 aliphatic rings. The van der Waals surface area contributed by atoms with Crippen molar-refractivity contribution in [1.82, 2.24) is 10.2 Å². The van der Waals surface area contributed by atoms with Crippen LogP contribution in [0.2, 0.25) is 0 Å². The van der Waals surface area contributed by atoms with Gasteiger partial charge in [0.2, 0.25) is 11.8 Å². The zero-order valence-corrected chi connectivity index (χ0v) is 12.2. The van der Waals surface area contributed by atoms with Crippen molar-refractivity contribution in [2.75, 3.05) is 5.73 Å². The van der Waals surface area contributed by atoms with Crippen molar-refractivity contribution < 1.29 is 19.2 Å². The van der Waals surface area contributed by atoms with Crippen molar-refractivity contribution in [3.8, 4) is 0 Å². The largest absolute Gasteiger partial charge is 0.398 e. The number of amides is 5. The van der Waals surface area contributed by atoms with Crippen molar-refractivity contribution in [3.63, 3.8) is 0 Å². The zero-order valence-electron chi connectivity index (χ0n) is 12.2. The van der Waals surface area contributed by atoms with Gasteiger partial charge in [-0.05, 0) is 18.6 Å². The first-order valence-electron chi connectivity index (χ1n) is 6.88. The minimum atomic E-state index is -0.833. The van der Waals surface area contributed by atoms with Gasteiger partial charge >= 0.3 is 6.03 Å². The lowest BCUT2D eigenvalue weighted by molar-refractivity contribution is -0.136. The van der Waals surface area contributed by atoms with Crippen LogP contribution >= 0.6 is 0 Å². The van der Waals surface area contributed by atoms with Gasteiger partial charge in [-0.15, -0.1) is 0 Å². The number of benzene rings is 1. The van der Waals surface area contributed by atoms with Crippen LogP contribution in [0.25, 0.3) is 0 Å². The van der Waals surface area contributed by atoms with E-state index in [-0.39, 0.29) is 18.2 Å². The highest BCUT2D eigenvalue weighted by atomic mass is 16.2. The predicted molar refractivity (Wildman–Crippen MR) is 80.7 cm³/mol. The summed E-state index contributed by atoms with van der Waals surface area (Å²) in [6.45, 7) is 0.327. The summed E-state index contributed by atoms with van der Waals surface area (Å²) in [5.74, 6) is -0.891. The van der Waals surface area contributed by atoms with Crippen molar-refractivity contribution in [2.24, 2.45) is 11.5 Å². The molecule has 5 amide bonds. The Morgan fingerprint density at radius 1 is 1.22 bits per heavy atom. The van der Waals surface area contributed by atoms with Gasteiger partial charge in [-0.2, -0.15) is 0 Å². The Morgan fingerprint density at radius 2 is 1.87 bits per heavy atom. The predicted octanol–water partition coefficient (Wildman–Crippen LogP) is -0.946. The van der Waals surface area contributed by atoms with Crippen LogP contribution in [0.3, 0.4) is 0 Å². The fraction of sp³-hybridized carbons (Fsp3) is 0.286. The van der Waals surface area contributed by atoms with Gasteiger partial charge in [-0.25, -0.2) is 4.79 Å². The molecule has 0 aliphatic carbocycles. The van der Waals surface area contributed by atoms with Crippen LogP contribution in [0.15, 0.2) is 18.2 Å². The van der Waals surface area contributed by atoms with E-state index in [2.05, 4.69) is 16.8 Å². The van der Waals surface area contributed by atoms with Crippen LogP contribution in [0.1, 0.15) is 28.8 Å². The molecule has 3 rings (SSSR count). The molecule has 23 heavy (non-hydrogen) atoms. The SMILES string of the molecule is NC(N)=O.Nc1cccc2c1CN(C1CCC(=O)NC1=O)C2=O. The summed E-state index contributed by atoms with van der Waals surface area (Å²) < 4.78 is 0. The Bertz CT molecular complexity index is 684. The lowest BCUT2D eigenvalue weighted by atomic mass is 10.0. The number of rotatable bonds is 1. The average molecular weight is 319 g/mol. The number of hydrogen-bond donors (Lipinski definition) is 4. The first-order chi connectivity index (χ1) is 10.8. The highest BCUT2D eigenvalue weighted by Crippen LogP contribution is 2.30. The van der Waals surface area contributed by atoms with Crippen LogP contribution in [0, 0.1) is 0 Å². The Balaban J connectivity index is 0.000000433. The van der Waals surface area contributed by atoms with Crippen LogP contribution in [0.4, 0.5) is 10.5 Å². The number of carbonyl (C=O) groups excluding carboxylic acids is 4. The summed E-state index contributed by atoms with van der Waals surface area (Å²) in [5.41, 5.74) is 16.2. The maximum absolute atomic E-state index is 12.3. The van der Waals surface area contributed by atoms with Crippen LogP contribution < -0.4 is 22.5 Å². The zero-order chi connectivity index (χ0) is 17.1.